The van der Waals surface area contributed by atoms with Crippen molar-refractivity contribution in [2.24, 2.45) is 0 Å². The maximum atomic E-state index is 11.2. The van der Waals surface area contributed by atoms with Crippen molar-refractivity contribution in [2.45, 2.75) is 6.61 Å². The highest BCUT2D eigenvalue weighted by Crippen LogP contribution is 2.32. The Hall–Kier alpha value is -1.85. The van der Waals surface area contributed by atoms with E-state index in [0.29, 0.717) is 16.8 Å². The molecule has 3 aromatic rings. The van der Waals surface area contributed by atoms with E-state index in [1.807, 2.05) is 23.6 Å². The smallest absolute Gasteiger partial charge is 0.339 e. The number of benzene rings is 2. The molecule has 21 heavy (non-hydrogen) atoms. The average Bonchev–Trinajstić information content (AvgIpc) is 2.89. The van der Waals surface area contributed by atoms with Crippen LogP contribution in [-0.2, 0) is 6.61 Å². The monoisotopic (exact) mass is 362 g/mol. The van der Waals surface area contributed by atoms with Crippen molar-refractivity contribution in [3.05, 3.63) is 63.4 Å². The second-order valence-corrected chi connectivity index (χ2v) is 6.23. The zero-order valence-electron chi connectivity index (χ0n) is 10.9. The van der Waals surface area contributed by atoms with E-state index < -0.39 is 5.97 Å². The second-order valence-electron chi connectivity index (χ2n) is 4.47. The van der Waals surface area contributed by atoms with Gasteiger partial charge in [-0.3, -0.25) is 0 Å². The number of carbonyl (C=O) groups is 1. The molecule has 3 rings (SSSR count). The maximum absolute atomic E-state index is 11.2. The number of para-hydroxylation sites is 1. The van der Waals surface area contributed by atoms with Crippen molar-refractivity contribution < 1.29 is 14.6 Å². The molecule has 0 amide bonds. The molecule has 0 saturated heterocycles. The Morgan fingerprint density at radius 2 is 2.00 bits per heavy atom. The normalized spacial score (nSPS) is 10.7. The quantitative estimate of drug-likeness (QED) is 0.714. The molecule has 0 aliphatic heterocycles. The first-order chi connectivity index (χ1) is 10.2. The minimum atomic E-state index is -0.999. The van der Waals surface area contributed by atoms with E-state index in [9.17, 15) is 9.90 Å². The molecule has 106 valence electrons. The molecule has 1 heterocycles. The van der Waals surface area contributed by atoms with E-state index in [2.05, 4.69) is 22.0 Å². The number of rotatable bonds is 4. The molecule has 0 spiro atoms. The molecule has 0 aliphatic carbocycles. The van der Waals surface area contributed by atoms with Crippen LogP contribution in [0.5, 0.6) is 5.75 Å². The highest BCUT2D eigenvalue weighted by atomic mass is 79.9. The van der Waals surface area contributed by atoms with Crippen LogP contribution in [0.3, 0.4) is 0 Å². The highest BCUT2D eigenvalue weighted by Gasteiger charge is 2.15. The summed E-state index contributed by atoms with van der Waals surface area (Å²) >= 11 is 5.00. The van der Waals surface area contributed by atoms with Gasteiger partial charge >= 0.3 is 5.97 Å². The first-order valence-corrected chi connectivity index (χ1v) is 7.94. The van der Waals surface area contributed by atoms with E-state index in [1.54, 1.807) is 23.5 Å². The summed E-state index contributed by atoms with van der Waals surface area (Å²) in [4.78, 5) is 11.2. The van der Waals surface area contributed by atoms with Crippen molar-refractivity contribution in [3.63, 3.8) is 0 Å². The van der Waals surface area contributed by atoms with Gasteiger partial charge in [0.15, 0.2) is 0 Å². The summed E-state index contributed by atoms with van der Waals surface area (Å²) in [5, 5.41) is 12.4. The SMILES string of the molecule is O=C(O)c1cccc(Br)c1OCc1csc2ccccc12. The summed E-state index contributed by atoms with van der Waals surface area (Å²) in [6.07, 6.45) is 0. The van der Waals surface area contributed by atoms with Gasteiger partial charge in [0.25, 0.3) is 0 Å². The molecule has 0 aliphatic rings. The van der Waals surface area contributed by atoms with Crippen LogP contribution in [0.15, 0.2) is 52.3 Å². The fraction of sp³-hybridized carbons (Fsp3) is 0.0625. The van der Waals surface area contributed by atoms with Gasteiger partial charge in [0.2, 0.25) is 0 Å². The van der Waals surface area contributed by atoms with Gasteiger partial charge in [-0.2, -0.15) is 0 Å². The number of carboxylic acid groups (broad SMARTS) is 1. The zero-order valence-corrected chi connectivity index (χ0v) is 13.3. The summed E-state index contributed by atoms with van der Waals surface area (Å²) in [5.41, 5.74) is 1.21. The Balaban J connectivity index is 1.90. The first kappa shape index (κ1) is 14.1. The predicted octanol–water partition coefficient (Wildman–Crippen LogP) is 4.94. The Bertz CT molecular complexity index is 810. The molecular weight excluding hydrogens is 352 g/mol. The van der Waals surface area contributed by atoms with Gasteiger partial charge in [-0.15, -0.1) is 11.3 Å². The maximum Gasteiger partial charge on any atom is 0.339 e. The number of halogens is 1. The third kappa shape index (κ3) is 2.80. The fourth-order valence-corrected chi connectivity index (χ4v) is 3.55. The Labute approximate surface area is 133 Å². The molecule has 0 radical (unpaired) electrons. The lowest BCUT2D eigenvalue weighted by atomic mass is 10.2. The molecule has 0 unspecified atom stereocenters. The number of hydrogen-bond acceptors (Lipinski definition) is 3. The number of ether oxygens (including phenoxy) is 1. The molecule has 1 N–H and O–H groups in total. The molecule has 5 heteroatoms. The summed E-state index contributed by atoms with van der Waals surface area (Å²) in [6, 6.07) is 13.1. The number of hydrogen-bond donors (Lipinski definition) is 1. The van der Waals surface area contributed by atoms with E-state index in [4.69, 9.17) is 4.74 Å². The van der Waals surface area contributed by atoms with Gasteiger partial charge in [-0.25, -0.2) is 4.79 Å². The third-order valence-electron chi connectivity index (χ3n) is 3.13. The van der Waals surface area contributed by atoms with Crippen LogP contribution in [0, 0.1) is 0 Å². The second kappa shape index (κ2) is 5.87. The summed E-state index contributed by atoms with van der Waals surface area (Å²) in [6.45, 7) is 0.340. The van der Waals surface area contributed by atoms with Crippen LogP contribution in [0.1, 0.15) is 15.9 Å². The lowest BCUT2D eigenvalue weighted by molar-refractivity contribution is 0.0691. The summed E-state index contributed by atoms with van der Waals surface area (Å²) in [5.74, 6) is -0.637. The van der Waals surface area contributed by atoms with Crippen molar-refractivity contribution in [1.29, 1.82) is 0 Å². The molecular formula is C16H11BrO3S. The summed E-state index contributed by atoms with van der Waals surface area (Å²) in [7, 11) is 0. The number of thiophene rings is 1. The molecule has 0 atom stereocenters. The van der Waals surface area contributed by atoms with Crippen LogP contribution in [-0.4, -0.2) is 11.1 Å². The third-order valence-corrected chi connectivity index (χ3v) is 4.77. The van der Waals surface area contributed by atoms with Gasteiger partial charge in [0.1, 0.15) is 17.9 Å². The number of aromatic carboxylic acids is 1. The fourth-order valence-electron chi connectivity index (χ4n) is 2.12. The van der Waals surface area contributed by atoms with Crippen LogP contribution >= 0.6 is 27.3 Å². The molecule has 0 fully saturated rings. The van der Waals surface area contributed by atoms with Crippen molar-refractivity contribution in [1.82, 2.24) is 0 Å². The van der Waals surface area contributed by atoms with Gasteiger partial charge in [0, 0.05) is 10.3 Å². The van der Waals surface area contributed by atoms with Gasteiger partial charge in [0.05, 0.1) is 4.47 Å². The van der Waals surface area contributed by atoms with Crippen LogP contribution < -0.4 is 4.74 Å². The minimum Gasteiger partial charge on any atom is -0.487 e. The lowest BCUT2D eigenvalue weighted by Gasteiger charge is -2.10. The molecule has 3 nitrogen and oxygen atoms in total. The average molecular weight is 363 g/mol. The topological polar surface area (TPSA) is 46.5 Å². The molecule has 1 aromatic heterocycles. The lowest BCUT2D eigenvalue weighted by Crippen LogP contribution is -2.03. The molecule has 0 bridgehead atoms. The predicted molar refractivity (Wildman–Crippen MR) is 87.3 cm³/mol. The standard InChI is InChI=1S/C16H11BrO3S/c17-13-6-3-5-12(16(18)19)15(13)20-8-10-9-21-14-7-2-1-4-11(10)14/h1-7,9H,8H2,(H,18,19). The van der Waals surface area contributed by atoms with Gasteiger partial charge in [-0.05, 0) is 44.9 Å². The van der Waals surface area contributed by atoms with Gasteiger partial charge < -0.3 is 9.84 Å². The van der Waals surface area contributed by atoms with Crippen LogP contribution in [0.4, 0.5) is 0 Å². The minimum absolute atomic E-state index is 0.156. The Morgan fingerprint density at radius 3 is 2.81 bits per heavy atom. The largest absolute Gasteiger partial charge is 0.487 e. The van der Waals surface area contributed by atoms with Crippen LogP contribution in [0.25, 0.3) is 10.1 Å². The van der Waals surface area contributed by atoms with E-state index >= 15 is 0 Å². The molecule has 2 aromatic carbocycles. The van der Waals surface area contributed by atoms with Crippen molar-refractivity contribution in [2.75, 3.05) is 0 Å². The van der Waals surface area contributed by atoms with E-state index in [-0.39, 0.29) is 5.56 Å². The molecule has 0 saturated carbocycles. The first-order valence-electron chi connectivity index (χ1n) is 6.26. The van der Waals surface area contributed by atoms with Crippen LogP contribution in [0.2, 0.25) is 0 Å². The Kier molecular flexibility index (Phi) is 3.94. The van der Waals surface area contributed by atoms with Gasteiger partial charge in [-0.1, -0.05) is 24.3 Å². The number of fused-ring (bicyclic) bond motifs is 1. The number of carboxylic acids is 1. The van der Waals surface area contributed by atoms with E-state index in [1.165, 1.54) is 10.8 Å². The van der Waals surface area contributed by atoms with Crippen molar-refractivity contribution >= 4 is 43.3 Å². The summed E-state index contributed by atoms with van der Waals surface area (Å²) < 4.78 is 7.60. The Morgan fingerprint density at radius 1 is 1.19 bits per heavy atom. The highest BCUT2D eigenvalue weighted by molar-refractivity contribution is 9.10. The zero-order chi connectivity index (χ0) is 14.8. The van der Waals surface area contributed by atoms with Crippen molar-refractivity contribution in [3.8, 4) is 5.75 Å². The van der Waals surface area contributed by atoms with E-state index in [0.717, 1.165) is 10.9 Å².